The fraction of sp³-hybridized carbons (Fsp3) is 0.333. The summed E-state index contributed by atoms with van der Waals surface area (Å²) < 4.78 is 7.89. The van der Waals surface area contributed by atoms with Crippen LogP contribution >= 0.6 is 11.3 Å². The SMILES string of the molecule is c1cc(-c2nnn3c2CO[C@@H](CNCc2nccs2)C3)ccn1. The summed E-state index contributed by atoms with van der Waals surface area (Å²) in [5, 5.41) is 15.0. The monoisotopic (exact) mass is 328 g/mol. The van der Waals surface area contributed by atoms with Crippen LogP contribution in [-0.4, -0.2) is 37.6 Å². The van der Waals surface area contributed by atoms with E-state index in [0.29, 0.717) is 13.2 Å². The van der Waals surface area contributed by atoms with E-state index in [1.54, 1.807) is 23.7 Å². The Bertz CT molecular complexity index is 758. The zero-order chi connectivity index (χ0) is 15.5. The number of hydrogen-bond acceptors (Lipinski definition) is 7. The Kier molecular flexibility index (Phi) is 4.10. The highest BCUT2D eigenvalue weighted by molar-refractivity contribution is 7.09. The number of hydrogen-bond donors (Lipinski definition) is 1. The fourth-order valence-corrected chi connectivity index (χ4v) is 3.19. The zero-order valence-corrected chi connectivity index (χ0v) is 13.2. The summed E-state index contributed by atoms with van der Waals surface area (Å²) in [6.07, 6.45) is 5.43. The average Bonchev–Trinajstić information content (AvgIpc) is 3.25. The van der Waals surface area contributed by atoms with Gasteiger partial charge in [-0.25, -0.2) is 9.67 Å². The summed E-state index contributed by atoms with van der Waals surface area (Å²) >= 11 is 1.65. The van der Waals surface area contributed by atoms with Gasteiger partial charge in [0.05, 0.1) is 24.9 Å². The lowest BCUT2D eigenvalue weighted by Crippen LogP contribution is -2.36. The molecule has 1 atom stereocenters. The summed E-state index contributed by atoms with van der Waals surface area (Å²) in [6.45, 7) is 2.76. The van der Waals surface area contributed by atoms with Gasteiger partial charge in [-0.15, -0.1) is 16.4 Å². The lowest BCUT2D eigenvalue weighted by Gasteiger charge is -2.24. The quantitative estimate of drug-likeness (QED) is 0.764. The molecule has 0 amide bonds. The number of thiazole rings is 1. The third-order valence-corrected chi connectivity index (χ3v) is 4.54. The molecule has 4 rings (SSSR count). The highest BCUT2D eigenvalue weighted by Gasteiger charge is 2.24. The molecule has 0 unspecified atom stereocenters. The molecular weight excluding hydrogens is 312 g/mol. The van der Waals surface area contributed by atoms with Gasteiger partial charge in [-0.1, -0.05) is 5.21 Å². The van der Waals surface area contributed by atoms with Gasteiger partial charge < -0.3 is 10.1 Å². The maximum Gasteiger partial charge on any atom is 0.118 e. The minimum atomic E-state index is 0.0921. The van der Waals surface area contributed by atoms with Crippen LogP contribution in [0.3, 0.4) is 0 Å². The maximum atomic E-state index is 5.95. The van der Waals surface area contributed by atoms with Gasteiger partial charge in [0, 0.05) is 42.6 Å². The van der Waals surface area contributed by atoms with Crippen LogP contribution in [0.4, 0.5) is 0 Å². The summed E-state index contributed by atoms with van der Waals surface area (Å²) in [5.41, 5.74) is 2.92. The first-order valence-corrected chi connectivity index (χ1v) is 8.31. The van der Waals surface area contributed by atoms with Crippen molar-refractivity contribution in [2.45, 2.75) is 25.8 Å². The molecule has 1 aliphatic rings. The average molecular weight is 328 g/mol. The van der Waals surface area contributed by atoms with Crippen molar-refractivity contribution in [2.24, 2.45) is 0 Å². The van der Waals surface area contributed by atoms with E-state index in [1.165, 1.54) is 0 Å². The van der Waals surface area contributed by atoms with Gasteiger partial charge >= 0.3 is 0 Å². The van der Waals surface area contributed by atoms with Crippen LogP contribution < -0.4 is 5.32 Å². The predicted molar refractivity (Wildman–Crippen MR) is 85.7 cm³/mol. The van der Waals surface area contributed by atoms with Gasteiger partial charge in [0.2, 0.25) is 0 Å². The van der Waals surface area contributed by atoms with Crippen LogP contribution in [-0.2, 0) is 24.4 Å². The Hall–Kier alpha value is -2.16. The van der Waals surface area contributed by atoms with Gasteiger partial charge in [-0.3, -0.25) is 4.98 Å². The van der Waals surface area contributed by atoms with Gasteiger partial charge in [0.15, 0.2) is 0 Å². The Morgan fingerprint density at radius 3 is 3.04 bits per heavy atom. The lowest BCUT2D eigenvalue weighted by atomic mass is 10.1. The summed E-state index contributed by atoms with van der Waals surface area (Å²) in [4.78, 5) is 8.29. The molecule has 0 radical (unpaired) electrons. The molecule has 1 N–H and O–H groups in total. The Morgan fingerprint density at radius 1 is 1.30 bits per heavy atom. The van der Waals surface area contributed by atoms with Crippen molar-refractivity contribution in [3.05, 3.63) is 46.8 Å². The van der Waals surface area contributed by atoms with Crippen LogP contribution in [0.2, 0.25) is 0 Å². The molecule has 3 aromatic rings. The summed E-state index contributed by atoms with van der Waals surface area (Å²) in [7, 11) is 0. The third kappa shape index (κ3) is 3.14. The Balaban J connectivity index is 1.39. The van der Waals surface area contributed by atoms with Crippen molar-refractivity contribution in [2.75, 3.05) is 6.54 Å². The first-order chi connectivity index (χ1) is 11.4. The number of rotatable bonds is 5. The van der Waals surface area contributed by atoms with Crippen LogP contribution in [0.25, 0.3) is 11.3 Å². The van der Waals surface area contributed by atoms with Gasteiger partial charge in [-0.2, -0.15) is 0 Å². The number of nitrogens with zero attached hydrogens (tertiary/aromatic N) is 5. The lowest BCUT2D eigenvalue weighted by molar-refractivity contribution is 0.00125. The van der Waals surface area contributed by atoms with Crippen LogP contribution in [0.5, 0.6) is 0 Å². The largest absolute Gasteiger partial charge is 0.369 e. The van der Waals surface area contributed by atoms with Crippen molar-refractivity contribution < 1.29 is 4.74 Å². The highest BCUT2D eigenvalue weighted by atomic mass is 32.1. The summed E-state index contributed by atoms with van der Waals surface area (Å²) in [5.74, 6) is 0. The predicted octanol–water partition coefficient (Wildman–Crippen LogP) is 1.49. The Labute approximate surface area is 137 Å². The first kappa shape index (κ1) is 14.4. The van der Waals surface area contributed by atoms with Crippen molar-refractivity contribution in [3.63, 3.8) is 0 Å². The van der Waals surface area contributed by atoms with Gasteiger partial charge in [0.25, 0.3) is 0 Å². The van der Waals surface area contributed by atoms with Crippen LogP contribution in [0.15, 0.2) is 36.1 Å². The Morgan fingerprint density at radius 2 is 2.22 bits per heavy atom. The third-order valence-electron chi connectivity index (χ3n) is 3.76. The molecular formula is C15H16N6OS. The number of pyridine rings is 1. The minimum absolute atomic E-state index is 0.0921. The molecule has 0 bridgehead atoms. The molecule has 0 saturated heterocycles. The maximum absolute atomic E-state index is 5.95. The molecule has 3 aromatic heterocycles. The van der Waals surface area contributed by atoms with Gasteiger partial charge in [0.1, 0.15) is 10.7 Å². The topological polar surface area (TPSA) is 77.8 Å². The zero-order valence-electron chi connectivity index (χ0n) is 12.4. The van der Waals surface area contributed by atoms with Gasteiger partial charge in [-0.05, 0) is 12.1 Å². The van der Waals surface area contributed by atoms with Crippen molar-refractivity contribution in [1.82, 2.24) is 30.3 Å². The molecule has 118 valence electrons. The van der Waals surface area contributed by atoms with Crippen molar-refractivity contribution >= 4 is 11.3 Å². The second-order valence-corrected chi connectivity index (χ2v) is 6.27. The molecule has 0 spiro atoms. The van der Waals surface area contributed by atoms with E-state index in [2.05, 4.69) is 25.6 Å². The number of fused-ring (bicyclic) bond motifs is 1. The molecule has 4 heterocycles. The molecule has 0 saturated carbocycles. The normalized spacial score (nSPS) is 17.1. The second-order valence-electron chi connectivity index (χ2n) is 5.29. The van der Waals surface area contributed by atoms with E-state index >= 15 is 0 Å². The van der Waals surface area contributed by atoms with Crippen LogP contribution in [0.1, 0.15) is 10.7 Å². The minimum Gasteiger partial charge on any atom is -0.369 e. The van der Waals surface area contributed by atoms with E-state index in [0.717, 1.165) is 35.0 Å². The van der Waals surface area contributed by atoms with Crippen LogP contribution in [0, 0.1) is 0 Å². The van der Waals surface area contributed by atoms with E-state index in [4.69, 9.17) is 4.74 Å². The fourth-order valence-electron chi connectivity index (χ4n) is 2.60. The molecule has 0 aliphatic carbocycles. The van der Waals surface area contributed by atoms with E-state index in [1.807, 2.05) is 28.4 Å². The van der Waals surface area contributed by atoms with E-state index < -0.39 is 0 Å². The smallest absolute Gasteiger partial charge is 0.118 e. The number of aromatic nitrogens is 5. The van der Waals surface area contributed by atoms with E-state index in [9.17, 15) is 0 Å². The molecule has 1 aliphatic heterocycles. The van der Waals surface area contributed by atoms with E-state index in [-0.39, 0.29) is 6.10 Å². The van der Waals surface area contributed by atoms with Crippen molar-refractivity contribution in [3.8, 4) is 11.3 Å². The molecule has 7 nitrogen and oxygen atoms in total. The molecule has 0 fully saturated rings. The highest BCUT2D eigenvalue weighted by Crippen LogP contribution is 2.24. The first-order valence-electron chi connectivity index (χ1n) is 7.43. The standard InChI is InChI=1S/C15H16N6OS/c1-3-16-4-2-11(1)15-13-10-22-12(9-21(13)20-19-15)7-17-8-14-18-5-6-23-14/h1-6,12,17H,7-10H2/t12-/m0/s1. The number of ether oxygens (including phenoxy) is 1. The number of nitrogens with one attached hydrogen (secondary N) is 1. The second kappa shape index (κ2) is 6.53. The van der Waals surface area contributed by atoms with Crippen molar-refractivity contribution in [1.29, 1.82) is 0 Å². The molecule has 23 heavy (non-hydrogen) atoms. The molecule has 8 heteroatoms. The summed E-state index contributed by atoms with van der Waals surface area (Å²) in [6, 6.07) is 3.87. The molecule has 0 aromatic carbocycles.